The summed E-state index contributed by atoms with van der Waals surface area (Å²) in [6, 6.07) is 13.2. The molecule has 0 aliphatic rings. The second-order valence-corrected chi connectivity index (χ2v) is 8.33. The number of anilines is 1. The Bertz CT molecular complexity index is 1350. The van der Waals surface area contributed by atoms with Gasteiger partial charge in [-0.15, -0.1) is 0 Å². The summed E-state index contributed by atoms with van der Waals surface area (Å²) in [5.74, 6) is -1.39. The molecule has 1 heterocycles. The molecule has 0 unspecified atom stereocenters. The minimum absolute atomic E-state index is 0.0999. The number of benzene rings is 3. The van der Waals surface area contributed by atoms with Crippen LogP contribution in [0.1, 0.15) is 10.4 Å². The van der Waals surface area contributed by atoms with Gasteiger partial charge in [0, 0.05) is 10.8 Å². The first-order valence-corrected chi connectivity index (χ1v) is 9.95. The zero-order chi connectivity index (χ0) is 19.2. The molecule has 0 fully saturated rings. The summed E-state index contributed by atoms with van der Waals surface area (Å²) in [5.41, 5.74) is 0.574. The number of sulfonamides is 1. The SMILES string of the molecule is O=C([O-])c1ccc(S(=O)(=O)Nc2cc3sc(=O)oc3c3ccccc23)cc1. The van der Waals surface area contributed by atoms with Crippen molar-refractivity contribution < 1.29 is 22.7 Å². The molecule has 0 saturated heterocycles. The standard InChI is InChI=1S/C18H11NO6S2/c20-17(21)10-5-7-11(8-6-10)27(23,24)19-14-9-15-16(25-18(22)26-15)13-4-2-1-3-12(13)14/h1-9,19H,(H,20,21)/p-1. The number of carboxylic acid groups (broad SMARTS) is 1. The first kappa shape index (κ1) is 17.3. The molecule has 0 aliphatic heterocycles. The van der Waals surface area contributed by atoms with Gasteiger partial charge < -0.3 is 14.3 Å². The lowest BCUT2D eigenvalue weighted by Gasteiger charge is -2.12. The molecule has 136 valence electrons. The van der Waals surface area contributed by atoms with E-state index in [1.165, 1.54) is 12.1 Å². The van der Waals surface area contributed by atoms with Crippen molar-refractivity contribution in [3.05, 3.63) is 69.9 Å². The Morgan fingerprint density at radius 2 is 1.70 bits per heavy atom. The number of nitrogens with one attached hydrogen (secondary N) is 1. The van der Waals surface area contributed by atoms with E-state index < -0.39 is 20.9 Å². The topological polar surface area (TPSA) is 117 Å². The minimum Gasteiger partial charge on any atom is -0.545 e. The highest BCUT2D eigenvalue weighted by atomic mass is 32.2. The van der Waals surface area contributed by atoms with Gasteiger partial charge in [-0.3, -0.25) is 4.72 Å². The smallest absolute Gasteiger partial charge is 0.396 e. The van der Waals surface area contributed by atoms with Gasteiger partial charge in [0.05, 0.1) is 21.3 Å². The van der Waals surface area contributed by atoms with Crippen LogP contribution in [0.25, 0.3) is 21.1 Å². The van der Waals surface area contributed by atoms with Crippen LogP contribution in [-0.4, -0.2) is 14.4 Å². The highest BCUT2D eigenvalue weighted by Gasteiger charge is 2.18. The number of aromatic carboxylic acids is 1. The summed E-state index contributed by atoms with van der Waals surface area (Å²) in [6.07, 6.45) is 0. The summed E-state index contributed by atoms with van der Waals surface area (Å²) >= 11 is 0.879. The fourth-order valence-corrected chi connectivity index (χ4v) is 4.55. The predicted octanol–water partition coefficient (Wildman–Crippen LogP) is 2.17. The zero-order valence-electron chi connectivity index (χ0n) is 13.5. The molecular weight excluding hydrogens is 390 g/mol. The lowest BCUT2D eigenvalue weighted by Crippen LogP contribution is -2.22. The molecule has 4 aromatic rings. The van der Waals surface area contributed by atoms with Crippen LogP contribution in [0.15, 0.2) is 68.7 Å². The summed E-state index contributed by atoms with van der Waals surface area (Å²) in [5, 5.41) is 12.0. The lowest BCUT2D eigenvalue weighted by atomic mass is 10.1. The van der Waals surface area contributed by atoms with Crippen LogP contribution < -0.4 is 14.8 Å². The summed E-state index contributed by atoms with van der Waals surface area (Å²) in [7, 11) is -3.98. The molecule has 0 radical (unpaired) electrons. The molecule has 0 spiro atoms. The summed E-state index contributed by atoms with van der Waals surface area (Å²) in [6.45, 7) is 0. The van der Waals surface area contributed by atoms with Crippen molar-refractivity contribution in [2.75, 3.05) is 4.72 Å². The van der Waals surface area contributed by atoms with E-state index in [0.29, 0.717) is 26.7 Å². The van der Waals surface area contributed by atoms with E-state index in [2.05, 4.69) is 4.72 Å². The summed E-state index contributed by atoms with van der Waals surface area (Å²) < 4.78 is 33.7. The van der Waals surface area contributed by atoms with Crippen LogP contribution in [0.3, 0.4) is 0 Å². The number of hydrogen-bond acceptors (Lipinski definition) is 7. The van der Waals surface area contributed by atoms with E-state index in [1.54, 1.807) is 30.3 Å². The third-order valence-corrected chi connectivity index (χ3v) is 6.14. The Kier molecular flexibility index (Phi) is 3.97. The molecule has 1 aromatic heterocycles. The van der Waals surface area contributed by atoms with Gasteiger partial charge >= 0.3 is 4.94 Å². The van der Waals surface area contributed by atoms with Crippen molar-refractivity contribution in [1.82, 2.24) is 0 Å². The molecule has 27 heavy (non-hydrogen) atoms. The van der Waals surface area contributed by atoms with Gasteiger partial charge in [-0.1, -0.05) is 47.7 Å². The minimum atomic E-state index is -3.98. The normalized spacial score (nSPS) is 11.7. The van der Waals surface area contributed by atoms with E-state index in [-0.39, 0.29) is 10.5 Å². The number of fused-ring (bicyclic) bond motifs is 3. The number of hydrogen-bond donors (Lipinski definition) is 1. The highest BCUT2D eigenvalue weighted by molar-refractivity contribution is 7.92. The van der Waals surface area contributed by atoms with Gasteiger partial charge in [0.15, 0.2) is 5.58 Å². The third-order valence-electron chi connectivity index (χ3n) is 3.98. The van der Waals surface area contributed by atoms with Crippen molar-refractivity contribution in [3.8, 4) is 0 Å². The monoisotopic (exact) mass is 400 g/mol. The number of carbonyl (C=O) groups excluding carboxylic acids is 1. The predicted molar refractivity (Wildman–Crippen MR) is 99.4 cm³/mol. The van der Waals surface area contributed by atoms with Crippen molar-refractivity contribution in [2.45, 2.75) is 4.90 Å². The zero-order valence-corrected chi connectivity index (χ0v) is 15.1. The molecule has 0 aliphatic carbocycles. The first-order valence-electron chi connectivity index (χ1n) is 7.65. The second-order valence-electron chi connectivity index (χ2n) is 5.67. The molecule has 1 N–H and O–H groups in total. The van der Waals surface area contributed by atoms with E-state index in [9.17, 15) is 23.1 Å². The van der Waals surface area contributed by atoms with Crippen LogP contribution in [0.2, 0.25) is 0 Å². The highest BCUT2D eigenvalue weighted by Crippen LogP contribution is 2.34. The van der Waals surface area contributed by atoms with E-state index in [1.807, 2.05) is 0 Å². The van der Waals surface area contributed by atoms with Crippen LogP contribution in [0.5, 0.6) is 0 Å². The Balaban J connectivity index is 1.84. The van der Waals surface area contributed by atoms with Crippen LogP contribution in [-0.2, 0) is 10.0 Å². The van der Waals surface area contributed by atoms with Crippen molar-refractivity contribution in [1.29, 1.82) is 0 Å². The van der Waals surface area contributed by atoms with Gasteiger partial charge in [-0.25, -0.2) is 13.2 Å². The number of carbonyl (C=O) groups is 1. The van der Waals surface area contributed by atoms with E-state index in [0.717, 1.165) is 23.5 Å². The molecule has 0 saturated carbocycles. The molecule has 7 nitrogen and oxygen atoms in total. The fraction of sp³-hybridized carbons (Fsp3) is 0. The Hall–Kier alpha value is -3.17. The van der Waals surface area contributed by atoms with Gasteiger partial charge in [-0.2, -0.15) is 0 Å². The molecule has 9 heteroatoms. The van der Waals surface area contributed by atoms with Crippen molar-refractivity contribution in [3.63, 3.8) is 0 Å². The molecule has 0 bridgehead atoms. The number of carboxylic acids is 1. The molecule has 0 amide bonds. The molecule has 4 rings (SSSR count). The first-order chi connectivity index (χ1) is 12.8. The van der Waals surface area contributed by atoms with Crippen LogP contribution >= 0.6 is 11.3 Å². The summed E-state index contributed by atoms with van der Waals surface area (Å²) in [4.78, 5) is 21.8. The molecule has 3 aromatic carbocycles. The van der Waals surface area contributed by atoms with Crippen molar-refractivity contribution in [2.24, 2.45) is 0 Å². The van der Waals surface area contributed by atoms with Gasteiger partial charge in [-0.05, 0) is 23.8 Å². The van der Waals surface area contributed by atoms with E-state index in [4.69, 9.17) is 4.42 Å². The maximum absolute atomic E-state index is 12.7. The maximum Gasteiger partial charge on any atom is 0.396 e. The third kappa shape index (κ3) is 3.07. The van der Waals surface area contributed by atoms with Gasteiger partial charge in [0.25, 0.3) is 10.0 Å². The second kappa shape index (κ2) is 6.22. The van der Waals surface area contributed by atoms with Crippen molar-refractivity contribution >= 4 is 54.1 Å². The van der Waals surface area contributed by atoms with E-state index >= 15 is 0 Å². The Morgan fingerprint density at radius 3 is 2.37 bits per heavy atom. The molecule has 0 atom stereocenters. The average Bonchev–Trinajstić information content (AvgIpc) is 3.02. The fourth-order valence-electron chi connectivity index (χ4n) is 2.76. The van der Waals surface area contributed by atoms with Gasteiger partial charge in [0.1, 0.15) is 0 Å². The van der Waals surface area contributed by atoms with Crippen LogP contribution in [0, 0.1) is 0 Å². The Labute approximate surface area is 156 Å². The lowest BCUT2D eigenvalue weighted by molar-refractivity contribution is -0.255. The maximum atomic E-state index is 12.7. The number of rotatable bonds is 4. The average molecular weight is 400 g/mol. The van der Waals surface area contributed by atoms with Gasteiger partial charge in [0.2, 0.25) is 0 Å². The Morgan fingerprint density at radius 1 is 1.04 bits per heavy atom. The molecular formula is C18H10NO6S2-. The quantitative estimate of drug-likeness (QED) is 0.561. The van der Waals surface area contributed by atoms with Crippen LogP contribution in [0.4, 0.5) is 5.69 Å². The largest absolute Gasteiger partial charge is 0.545 e.